The lowest BCUT2D eigenvalue weighted by Crippen LogP contribution is -2.36. The Balaban J connectivity index is 2.04. The summed E-state index contributed by atoms with van der Waals surface area (Å²) in [6, 6.07) is 0. The Bertz CT molecular complexity index is 206. The van der Waals surface area contributed by atoms with Crippen molar-refractivity contribution in [1.82, 2.24) is 4.98 Å². The maximum absolute atomic E-state index is 5.22. The lowest BCUT2D eigenvalue weighted by Gasteiger charge is -2.25. The molecule has 59 valence electrons. The predicted octanol–water partition coefficient (Wildman–Crippen LogP) is 0.780. The fourth-order valence-corrected chi connectivity index (χ4v) is 1.72. The second-order valence-corrected chi connectivity index (χ2v) is 3.17. The molecule has 1 fully saturated rings. The van der Waals surface area contributed by atoms with Crippen molar-refractivity contribution < 1.29 is 4.74 Å². The van der Waals surface area contributed by atoms with Gasteiger partial charge < -0.3 is 9.64 Å². The second kappa shape index (κ2) is 3.19. The first-order valence-electron chi connectivity index (χ1n) is 3.61. The van der Waals surface area contributed by atoms with Gasteiger partial charge in [0.05, 0.1) is 18.6 Å². The molecule has 1 aromatic heterocycles. The highest BCUT2D eigenvalue weighted by atomic mass is 32.1. The van der Waals surface area contributed by atoms with Crippen LogP contribution >= 0.6 is 11.3 Å². The zero-order valence-electron chi connectivity index (χ0n) is 6.12. The molecule has 2 rings (SSSR count). The molecule has 0 saturated carbocycles. The number of hydrogen-bond donors (Lipinski definition) is 0. The van der Waals surface area contributed by atoms with Gasteiger partial charge >= 0.3 is 0 Å². The van der Waals surface area contributed by atoms with Crippen LogP contribution in [0.4, 0.5) is 5.13 Å². The van der Waals surface area contributed by atoms with Crippen molar-refractivity contribution >= 4 is 16.5 Å². The summed E-state index contributed by atoms with van der Waals surface area (Å²) < 4.78 is 5.22. The molecule has 3 nitrogen and oxygen atoms in total. The summed E-state index contributed by atoms with van der Waals surface area (Å²) in [5.41, 5.74) is 0. The van der Waals surface area contributed by atoms with E-state index in [0.29, 0.717) is 0 Å². The molecule has 1 saturated heterocycles. The van der Waals surface area contributed by atoms with Crippen LogP contribution in [0.25, 0.3) is 0 Å². The number of morpholine rings is 1. The molecular formula is C7H9N2OS. The summed E-state index contributed by atoms with van der Waals surface area (Å²) in [5, 5.41) is 4.04. The van der Waals surface area contributed by atoms with Crippen LogP contribution in [-0.4, -0.2) is 31.3 Å². The van der Waals surface area contributed by atoms with E-state index in [4.69, 9.17) is 4.74 Å². The standard InChI is InChI=1S/C7H9N2OS/c1-6-11-7(8-1)9-2-4-10-5-3-9/h1H,2-5H2. The molecule has 0 aliphatic carbocycles. The molecule has 4 heteroatoms. The third kappa shape index (κ3) is 1.52. The van der Waals surface area contributed by atoms with E-state index < -0.39 is 0 Å². The SMILES string of the molecule is [c]1cnc(N2CCOCC2)s1. The lowest BCUT2D eigenvalue weighted by atomic mass is 10.5. The minimum absolute atomic E-state index is 0.819. The van der Waals surface area contributed by atoms with Crippen molar-refractivity contribution in [2.45, 2.75) is 0 Å². The topological polar surface area (TPSA) is 25.4 Å². The summed E-state index contributed by atoms with van der Waals surface area (Å²) in [5.74, 6) is 0. The van der Waals surface area contributed by atoms with Crippen LogP contribution in [0.2, 0.25) is 0 Å². The van der Waals surface area contributed by atoms with Gasteiger partial charge in [0.15, 0.2) is 5.13 Å². The third-order valence-electron chi connectivity index (χ3n) is 1.66. The molecule has 0 amide bonds. The van der Waals surface area contributed by atoms with Gasteiger partial charge in [0.2, 0.25) is 0 Å². The van der Waals surface area contributed by atoms with E-state index in [9.17, 15) is 0 Å². The molecule has 0 bridgehead atoms. The van der Waals surface area contributed by atoms with Gasteiger partial charge in [0.1, 0.15) is 0 Å². The first kappa shape index (κ1) is 7.06. The molecule has 11 heavy (non-hydrogen) atoms. The van der Waals surface area contributed by atoms with Gasteiger partial charge in [0.25, 0.3) is 0 Å². The molecule has 1 aromatic rings. The van der Waals surface area contributed by atoms with Crippen LogP contribution < -0.4 is 4.90 Å². The van der Waals surface area contributed by atoms with Gasteiger partial charge in [-0.3, -0.25) is 0 Å². The summed E-state index contributed by atoms with van der Waals surface area (Å²) in [6.07, 6.45) is 1.72. The van der Waals surface area contributed by atoms with Crippen molar-refractivity contribution in [2.24, 2.45) is 0 Å². The zero-order chi connectivity index (χ0) is 7.52. The fraction of sp³-hybridized carbons (Fsp3) is 0.571. The van der Waals surface area contributed by atoms with E-state index >= 15 is 0 Å². The molecular weight excluding hydrogens is 160 g/mol. The van der Waals surface area contributed by atoms with E-state index in [2.05, 4.69) is 15.3 Å². The van der Waals surface area contributed by atoms with Gasteiger partial charge in [-0.25, -0.2) is 4.98 Å². The predicted molar refractivity (Wildman–Crippen MR) is 44.0 cm³/mol. The fourth-order valence-electron chi connectivity index (χ4n) is 1.09. The monoisotopic (exact) mass is 169 g/mol. The van der Waals surface area contributed by atoms with Gasteiger partial charge in [0, 0.05) is 19.3 Å². The van der Waals surface area contributed by atoms with Crippen LogP contribution in [0.3, 0.4) is 0 Å². The Labute approximate surface area is 69.6 Å². The number of nitrogens with zero attached hydrogens (tertiary/aromatic N) is 2. The molecule has 0 N–H and O–H groups in total. The first-order valence-corrected chi connectivity index (χ1v) is 4.43. The van der Waals surface area contributed by atoms with Gasteiger partial charge in [-0.1, -0.05) is 11.3 Å². The Morgan fingerprint density at radius 1 is 1.55 bits per heavy atom. The summed E-state index contributed by atoms with van der Waals surface area (Å²) in [6.45, 7) is 3.56. The average molecular weight is 169 g/mol. The number of aromatic nitrogens is 1. The van der Waals surface area contributed by atoms with E-state index in [1.807, 2.05) is 0 Å². The highest BCUT2D eigenvalue weighted by molar-refractivity contribution is 7.13. The van der Waals surface area contributed by atoms with Crippen molar-refractivity contribution in [3.63, 3.8) is 0 Å². The molecule has 0 unspecified atom stereocenters. The molecule has 0 spiro atoms. The maximum Gasteiger partial charge on any atom is 0.186 e. The molecule has 2 heterocycles. The maximum atomic E-state index is 5.22. The Hall–Kier alpha value is -0.610. The Morgan fingerprint density at radius 3 is 3.00 bits per heavy atom. The molecule has 1 aliphatic heterocycles. The van der Waals surface area contributed by atoms with Gasteiger partial charge in [-0.15, -0.1) is 0 Å². The van der Waals surface area contributed by atoms with Crippen LogP contribution in [0.5, 0.6) is 0 Å². The van der Waals surface area contributed by atoms with Crippen LogP contribution in [0, 0.1) is 5.38 Å². The first-order chi connectivity index (χ1) is 5.47. The van der Waals surface area contributed by atoms with Crippen LogP contribution in [0.15, 0.2) is 6.20 Å². The van der Waals surface area contributed by atoms with Crippen molar-refractivity contribution in [3.05, 3.63) is 11.6 Å². The van der Waals surface area contributed by atoms with Crippen LogP contribution in [0.1, 0.15) is 0 Å². The van der Waals surface area contributed by atoms with Crippen molar-refractivity contribution in [1.29, 1.82) is 0 Å². The quantitative estimate of drug-likeness (QED) is 0.621. The molecule has 0 atom stereocenters. The number of hydrogen-bond acceptors (Lipinski definition) is 4. The third-order valence-corrected chi connectivity index (χ3v) is 2.43. The number of thiazole rings is 1. The van der Waals surface area contributed by atoms with Gasteiger partial charge in [-0.2, -0.15) is 0 Å². The summed E-state index contributed by atoms with van der Waals surface area (Å²) in [4.78, 5) is 6.40. The lowest BCUT2D eigenvalue weighted by molar-refractivity contribution is 0.122. The van der Waals surface area contributed by atoms with E-state index in [0.717, 1.165) is 31.4 Å². The minimum Gasteiger partial charge on any atom is -0.378 e. The number of rotatable bonds is 1. The second-order valence-electron chi connectivity index (χ2n) is 2.36. The molecule has 1 radical (unpaired) electrons. The molecule has 1 aliphatic rings. The van der Waals surface area contributed by atoms with E-state index in [-0.39, 0.29) is 0 Å². The Kier molecular flexibility index (Phi) is 2.05. The van der Waals surface area contributed by atoms with Crippen molar-refractivity contribution in [2.75, 3.05) is 31.2 Å². The summed E-state index contributed by atoms with van der Waals surface area (Å²) in [7, 11) is 0. The number of ether oxygens (including phenoxy) is 1. The average Bonchev–Trinajstić information content (AvgIpc) is 2.58. The normalized spacial score (nSPS) is 18.7. The smallest absolute Gasteiger partial charge is 0.186 e. The minimum atomic E-state index is 0.819. The summed E-state index contributed by atoms with van der Waals surface area (Å²) >= 11 is 1.56. The largest absolute Gasteiger partial charge is 0.378 e. The van der Waals surface area contributed by atoms with E-state index in [1.54, 1.807) is 17.5 Å². The van der Waals surface area contributed by atoms with Crippen LogP contribution in [-0.2, 0) is 4.74 Å². The highest BCUT2D eigenvalue weighted by Crippen LogP contribution is 2.17. The Morgan fingerprint density at radius 2 is 2.36 bits per heavy atom. The van der Waals surface area contributed by atoms with Crippen molar-refractivity contribution in [3.8, 4) is 0 Å². The highest BCUT2D eigenvalue weighted by Gasteiger charge is 2.12. The van der Waals surface area contributed by atoms with E-state index in [1.165, 1.54) is 0 Å². The zero-order valence-corrected chi connectivity index (χ0v) is 6.93. The molecule has 0 aromatic carbocycles. The number of anilines is 1. The van der Waals surface area contributed by atoms with Gasteiger partial charge in [-0.05, 0) is 0 Å².